The maximum atomic E-state index is 12.5. The van der Waals surface area contributed by atoms with Crippen LogP contribution >= 0.6 is 0 Å². The number of hydrogen-bond donors (Lipinski definition) is 1. The number of ketones is 1. The van der Waals surface area contributed by atoms with Gasteiger partial charge in [0.2, 0.25) is 0 Å². The fourth-order valence-corrected chi connectivity index (χ4v) is 3.90. The molecule has 4 heteroatoms. The van der Waals surface area contributed by atoms with E-state index in [4.69, 9.17) is 4.74 Å². The van der Waals surface area contributed by atoms with Crippen molar-refractivity contribution in [3.05, 3.63) is 64.7 Å². The fraction of sp³-hybridized carbons (Fsp3) is 0.391. The number of rotatable bonds is 7. The van der Waals surface area contributed by atoms with Crippen LogP contribution in [0.3, 0.4) is 0 Å². The maximum Gasteiger partial charge on any atom is 0.258 e. The molecule has 1 N–H and O–H groups in total. The normalized spacial score (nSPS) is 16.7. The van der Waals surface area contributed by atoms with Gasteiger partial charge in [0.15, 0.2) is 12.4 Å². The molecule has 0 aromatic heterocycles. The highest BCUT2D eigenvalue weighted by Crippen LogP contribution is 2.40. The van der Waals surface area contributed by atoms with Crippen LogP contribution in [-0.4, -0.2) is 18.3 Å². The minimum atomic E-state index is -0.176. The SMILES string of the molecule is CCC[C@H](NC(=O)COc1ccc(C)c2c1C(=O)C[C@@H]2C)c1ccccc1. The topological polar surface area (TPSA) is 55.4 Å². The van der Waals surface area contributed by atoms with E-state index in [0.717, 1.165) is 29.5 Å². The molecule has 0 radical (unpaired) electrons. The van der Waals surface area contributed by atoms with Crippen LogP contribution in [-0.2, 0) is 4.79 Å². The molecule has 0 spiro atoms. The van der Waals surface area contributed by atoms with Gasteiger partial charge in [-0.25, -0.2) is 0 Å². The molecule has 0 saturated carbocycles. The number of nitrogens with one attached hydrogen (secondary N) is 1. The largest absolute Gasteiger partial charge is 0.483 e. The van der Waals surface area contributed by atoms with Crippen molar-refractivity contribution in [2.45, 2.75) is 52.0 Å². The minimum Gasteiger partial charge on any atom is -0.483 e. The number of fused-ring (bicyclic) bond motifs is 1. The van der Waals surface area contributed by atoms with E-state index in [0.29, 0.717) is 17.7 Å². The van der Waals surface area contributed by atoms with Crippen LogP contribution in [0.5, 0.6) is 5.75 Å². The van der Waals surface area contributed by atoms with Crippen LogP contribution in [0.25, 0.3) is 0 Å². The van der Waals surface area contributed by atoms with Gasteiger partial charge in [0.05, 0.1) is 11.6 Å². The van der Waals surface area contributed by atoms with Gasteiger partial charge in [-0.3, -0.25) is 9.59 Å². The highest BCUT2D eigenvalue weighted by molar-refractivity contribution is 6.04. The summed E-state index contributed by atoms with van der Waals surface area (Å²) in [6.45, 7) is 6.08. The third-order valence-electron chi connectivity index (χ3n) is 5.16. The molecular weight excluding hydrogens is 338 g/mol. The summed E-state index contributed by atoms with van der Waals surface area (Å²) in [5, 5.41) is 3.05. The average Bonchev–Trinajstić information content (AvgIpc) is 2.97. The highest BCUT2D eigenvalue weighted by Gasteiger charge is 2.31. The summed E-state index contributed by atoms with van der Waals surface area (Å²) in [5.74, 6) is 0.652. The molecule has 1 aliphatic carbocycles. The van der Waals surface area contributed by atoms with E-state index in [9.17, 15) is 9.59 Å². The number of amides is 1. The van der Waals surface area contributed by atoms with E-state index in [-0.39, 0.29) is 30.3 Å². The molecule has 142 valence electrons. The first-order valence-electron chi connectivity index (χ1n) is 9.65. The molecule has 1 amide bonds. The Morgan fingerprint density at radius 1 is 1.22 bits per heavy atom. The third kappa shape index (κ3) is 4.21. The number of ether oxygens (including phenoxy) is 1. The Balaban J connectivity index is 1.69. The van der Waals surface area contributed by atoms with Crippen molar-refractivity contribution in [1.82, 2.24) is 5.32 Å². The molecular formula is C23H27NO3. The van der Waals surface area contributed by atoms with Crippen molar-refractivity contribution >= 4 is 11.7 Å². The molecule has 0 unspecified atom stereocenters. The lowest BCUT2D eigenvalue weighted by molar-refractivity contribution is -0.123. The average molecular weight is 365 g/mol. The van der Waals surface area contributed by atoms with Gasteiger partial charge in [0, 0.05) is 6.42 Å². The Bertz CT molecular complexity index is 829. The zero-order valence-electron chi connectivity index (χ0n) is 16.2. The molecule has 2 atom stereocenters. The van der Waals surface area contributed by atoms with Gasteiger partial charge in [-0.15, -0.1) is 0 Å². The molecule has 0 heterocycles. The van der Waals surface area contributed by atoms with Crippen LogP contribution in [0.4, 0.5) is 0 Å². The van der Waals surface area contributed by atoms with Gasteiger partial charge in [0.1, 0.15) is 5.75 Å². The van der Waals surface area contributed by atoms with Crippen molar-refractivity contribution in [3.8, 4) is 5.75 Å². The Kier molecular flexibility index (Phi) is 5.94. The number of hydrogen-bond acceptors (Lipinski definition) is 3. The first-order chi connectivity index (χ1) is 13.0. The summed E-state index contributed by atoms with van der Waals surface area (Å²) in [6, 6.07) is 13.7. The lowest BCUT2D eigenvalue weighted by Crippen LogP contribution is -2.32. The lowest BCUT2D eigenvalue weighted by Gasteiger charge is -2.19. The molecule has 2 aromatic rings. The molecule has 0 saturated heterocycles. The summed E-state index contributed by atoms with van der Waals surface area (Å²) in [5.41, 5.74) is 3.91. The van der Waals surface area contributed by atoms with Gasteiger partial charge in [-0.1, -0.05) is 56.7 Å². The quantitative estimate of drug-likeness (QED) is 0.772. The predicted octanol–water partition coefficient (Wildman–Crippen LogP) is 4.72. The zero-order chi connectivity index (χ0) is 19.4. The van der Waals surface area contributed by atoms with Crippen molar-refractivity contribution < 1.29 is 14.3 Å². The van der Waals surface area contributed by atoms with E-state index in [1.165, 1.54) is 0 Å². The highest BCUT2D eigenvalue weighted by atomic mass is 16.5. The second-order valence-electron chi connectivity index (χ2n) is 7.31. The summed E-state index contributed by atoms with van der Waals surface area (Å²) in [4.78, 5) is 24.8. The second-order valence-corrected chi connectivity index (χ2v) is 7.31. The Morgan fingerprint density at radius 2 is 1.96 bits per heavy atom. The number of benzene rings is 2. The molecule has 2 aromatic carbocycles. The van der Waals surface area contributed by atoms with Gasteiger partial charge in [-0.05, 0) is 42.0 Å². The van der Waals surface area contributed by atoms with Gasteiger partial charge in [-0.2, -0.15) is 0 Å². The van der Waals surface area contributed by atoms with E-state index in [1.54, 1.807) is 6.07 Å². The molecule has 0 aliphatic heterocycles. The van der Waals surface area contributed by atoms with E-state index in [2.05, 4.69) is 19.2 Å². The lowest BCUT2D eigenvalue weighted by atomic mass is 9.97. The van der Waals surface area contributed by atoms with Gasteiger partial charge >= 0.3 is 0 Å². The van der Waals surface area contributed by atoms with Crippen molar-refractivity contribution in [2.75, 3.05) is 6.61 Å². The number of aryl methyl sites for hydroxylation is 1. The maximum absolute atomic E-state index is 12.5. The molecule has 4 nitrogen and oxygen atoms in total. The Labute approximate surface area is 160 Å². The molecule has 1 aliphatic rings. The second kappa shape index (κ2) is 8.38. The first kappa shape index (κ1) is 19.2. The monoisotopic (exact) mass is 365 g/mol. The minimum absolute atomic E-state index is 0.0299. The van der Waals surface area contributed by atoms with Crippen LogP contribution in [0.2, 0.25) is 0 Å². The molecule has 27 heavy (non-hydrogen) atoms. The molecule has 0 bridgehead atoms. The number of carbonyl (C=O) groups is 2. The van der Waals surface area contributed by atoms with Crippen molar-refractivity contribution in [1.29, 1.82) is 0 Å². The van der Waals surface area contributed by atoms with Crippen LogP contribution in [0.15, 0.2) is 42.5 Å². The summed E-state index contributed by atoms with van der Waals surface area (Å²) in [7, 11) is 0. The van der Waals surface area contributed by atoms with Crippen LogP contribution in [0.1, 0.15) is 72.1 Å². The fourth-order valence-electron chi connectivity index (χ4n) is 3.90. The molecule has 0 fully saturated rings. The van der Waals surface area contributed by atoms with Gasteiger partial charge < -0.3 is 10.1 Å². The van der Waals surface area contributed by atoms with E-state index in [1.807, 2.05) is 43.3 Å². The Morgan fingerprint density at radius 3 is 2.67 bits per heavy atom. The Hall–Kier alpha value is -2.62. The first-order valence-corrected chi connectivity index (χ1v) is 9.65. The van der Waals surface area contributed by atoms with Gasteiger partial charge in [0.25, 0.3) is 5.91 Å². The van der Waals surface area contributed by atoms with E-state index >= 15 is 0 Å². The standard InChI is InChI=1S/C23H27NO3/c1-4-8-18(17-9-6-5-7-10-17)24-21(26)14-27-20-12-11-15(2)22-16(3)13-19(25)23(20)22/h5-7,9-12,16,18H,4,8,13-14H2,1-3H3,(H,24,26)/t16-,18-/m0/s1. The zero-order valence-corrected chi connectivity index (χ0v) is 16.2. The third-order valence-corrected chi connectivity index (χ3v) is 5.16. The summed E-state index contributed by atoms with van der Waals surface area (Å²) < 4.78 is 5.77. The van der Waals surface area contributed by atoms with Crippen LogP contribution < -0.4 is 10.1 Å². The number of carbonyl (C=O) groups excluding carboxylic acids is 2. The van der Waals surface area contributed by atoms with Crippen molar-refractivity contribution in [2.24, 2.45) is 0 Å². The van der Waals surface area contributed by atoms with E-state index < -0.39 is 0 Å². The smallest absolute Gasteiger partial charge is 0.258 e. The predicted molar refractivity (Wildman–Crippen MR) is 106 cm³/mol. The van der Waals surface area contributed by atoms with Crippen LogP contribution in [0, 0.1) is 6.92 Å². The summed E-state index contributed by atoms with van der Waals surface area (Å²) in [6.07, 6.45) is 2.35. The summed E-state index contributed by atoms with van der Waals surface area (Å²) >= 11 is 0. The molecule has 3 rings (SSSR count). The number of Topliss-reactive ketones (excluding diaryl/α,β-unsaturated/α-hetero) is 1. The van der Waals surface area contributed by atoms with Crippen molar-refractivity contribution in [3.63, 3.8) is 0 Å².